The van der Waals surface area contributed by atoms with Crippen LogP contribution in [0, 0.1) is 11.3 Å². The summed E-state index contributed by atoms with van der Waals surface area (Å²) in [6.07, 6.45) is 7.06. The minimum Gasteiger partial charge on any atom is -0.397 e. The molecule has 0 fully saturated rings. The Morgan fingerprint density at radius 1 is 1.15 bits per heavy atom. The molecule has 1 aromatic carbocycles. The van der Waals surface area contributed by atoms with Gasteiger partial charge in [-0.1, -0.05) is 30.3 Å². The summed E-state index contributed by atoms with van der Waals surface area (Å²) in [4.78, 5) is 20.7. The van der Waals surface area contributed by atoms with E-state index in [0.29, 0.717) is 27.0 Å². The molecule has 0 bridgehead atoms. The highest BCUT2D eigenvalue weighted by atomic mass is 32.1. The van der Waals surface area contributed by atoms with E-state index in [9.17, 15) is 10.1 Å². The topological polar surface area (TPSA) is 91.8 Å². The number of aromatic nitrogens is 1. The van der Waals surface area contributed by atoms with Crippen molar-refractivity contribution in [2.24, 2.45) is 0 Å². The number of hydrogen-bond donors (Lipinski definition) is 2. The highest BCUT2D eigenvalue weighted by molar-refractivity contribution is 7.21. The number of nitrogens with zero attached hydrogens (tertiary/aromatic N) is 2. The summed E-state index contributed by atoms with van der Waals surface area (Å²) >= 11 is 2.88. The van der Waals surface area contributed by atoms with Crippen molar-refractivity contribution >= 4 is 49.5 Å². The van der Waals surface area contributed by atoms with Crippen LogP contribution in [-0.2, 0) is 25.7 Å². The highest BCUT2D eigenvalue weighted by Crippen LogP contribution is 2.41. The largest absolute Gasteiger partial charge is 0.397 e. The zero-order chi connectivity index (χ0) is 23.2. The molecule has 0 aliphatic heterocycles. The Hall–Kier alpha value is -3.21. The van der Waals surface area contributed by atoms with Gasteiger partial charge in [-0.15, -0.1) is 22.7 Å². The first kappa shape index (κ1) is 21.3. The summed E-state index contributed by atoms with van der Waals surface area (Å²) in [5, 5.41) is 14.2. The lowest BCUT2D eigenvalue weighted by Gasteiger charge is -2.24. The number of amides is 1. The van der Waals surface area contributed by atoms with Crippen molar-refractivity contribution in [3.05, 3.63) is 74.1 Å². The average Bonchev–Trinajstić information content (AvgIpc) is 3.39. The fourth-order valence-electron chi connectivity index (χ4n) is 5.30. The van der Waals surface area contributed by atoms with Gasteiger partial charge in [0.25, 0.3) is 5.91 Å². The highest BCUT2D eigenvalue weighted by Gasteiger charge is 2.26. The summed E-state index contributed by atoms with van der Waals surface area (Å²) in [5.41, 5.74) is 12.4. The molecule has 3 aromatic heterocycles. The van der Waals surface area contributed by atoms with E-state index >= 15 is 0 Å². The molecule has 4 aromatic rings. The number of anilines is 2. The van der Waals surface area contributed by atoms with Gasteiger partial charge < -0.3 is 11.1 Å². The predicted molar refractivity (Wildman–Crippen MR) is 139 cm³/mol. The molecule has 6 rings (SSSR count). The minimum absolute atomic E-state index is 0.254. The van der Waals surface area contributed by atoms with Crippen LogP contribution in [0.3, 0.4) is 0 Å². The lowest BCUT2D eigenvalue weighted by molar-refractivity contribution is 0.103. The number of fused-ring (bicyclic) bond motifs is 3. The Bertz CT molecular complexity index is 1460. The molecule has 1 amide bonds. The Morgan fingerprint density at radius 2 is 1.97 bits per heavy atom. The summed E-state index contributed by atoms with van der Waals surface area (Å²) in [7, 11) is 0. The third-order valence-corrected chi connectivity index (χ3v) is 9.39. The molecule has 1 atom stereocenters. The average molecular weight is 485 g/mol. The molecule has 3 N–H and O–H groups in total. The molecule has 2 aliphatic rings. The number of nitriles is 1. The van der Waals surface area contributed by atoms with Crippen LogP contribution in [0.15, 0.2) is 36.4 Å². The predicted octanol–water partition coefficient (Wildman–Crippen LogP) is 6.22. The van der Waals surface area contributed by atoms with Crippen molar-refractivity contribution in [2.75, 3.05) is 11.1 Å². The van der Waals surface area contributed by atoms with E-state index in [0.717, 1.165) is 66.4 Å². The van der Waals surface area contributed by atoms with E-state index < -0.39 is 0 Å². The van der Waals surface area contributed by atoms with Crippen molar-refractivity contribution in [1.29, 1.82) is 5.26 Å². The van der Waals surface area contributed by atoms with Gasteiger partial charge in [0.1, 0.15) is 20.8 Å². The second-order valence-corrected chi connectivity index (χ2v) is 11.2. The molecule has 7 heteroatoms. The fraction of sp³-hybridized carbons (Fsp3) is 0.296. The zero-order valence-electron chi connectivity index (χ0n) is 18.7. The van der Waals surface area contributed by atoms with Gasteiger partial charge in [0, 0.05) is 16.0 Å². The Labute approximate surface area is 206 Å². The second kappa shape index (κ2) is 8.53. The van der Waals surface area contributed by atoms with Gasteiger partial charge in [0.05, 0.1) is 11.3 Å². The van der Waals surface area contributed by atoms with Crippen LogP contribution in [0.25, 0.3) is 10.2 Å². The van der Waals surface area contributed by atoms with Crippen molar-refractivity contribution < 1.29 is 4.79 Å². The number of benzene rings is 1. The van der Waals surface area contributed by atoms with E-state index in [1.165, 1.54) is 38.7 Å². The Morgan fingerprint density at radius 3 is 2.79 bits per heavy atom. The number of nitrogen functional groups attached to an aromatic ring is 1. The monoisotopic (exact) mass is 484 g/mol. The lowest BCUT2D eigenvalue weighted by Crippen LogP contribution is -2.14. The van der Waals surface area contributed by atoms with Crippen molar-refractivity contribution in [2.45, 2.75) is 50.9 Å². The summed E-state index contributed by atoms with van der Waals surface area (Å²) < 4.78 is 0. The van der Waals surface area contributed by atoms with Crippen LogP contribution >= 0.6 is 22.7 Å². The summed E-state index contributed by atoms with van der Waals surface area (Å²) in [6, 6.07) is 15.1. The first-order valence-electron chi connectivity index (χ1n) is 11.7. The molecular weight excluding hydrogens is 460 g/mol. The van der Waals surface area contributed by atoms with Gasteiger partial charge in [-0.25, -0.2) is 4.98 Å². The van der Waals surface area contributed by atoms with Gasteiger partial charge in [0.2, 0.25) is 0 Å². The van der Waals surface area contributed by atoms with Crippen molar-refractivity contribution in [1.82, 2.24) is 4.98 Å². The summed E-state index contributed by atoms with van der Waals surface area (Å²) in [6.45, 7) is 0. The van der Waals surface area contributed by atoms with Gasteiger partial charge in [0.15, 0.2) is 0 Å². The smallest absolute Gasteiger partial charge is 0.268 e. The molecule has 3 heterocycles. The maximum Gasteiger partial charge on any atom is 0.268 e. The zero-order valence-corrected chi connectivity index (χ0v) is 20.3. The molecule has 0 spiro atoms. The van der Waals surface area contributed by atoms with Crippen LogP contribution < -0.4 is 11.1 Å². The van der Waals surface area contributed by atoms with E-state index in [4.69, 9.17) is 10.7 Å². The van der Waals surface area contributed by atoms with Gasteiger partial charge >= 0.3 is 0 Å². The molecule has 0 saturated carbocycles. The maximum absolute atomic E-state index is 13.2. The van der Waals surface area contributed by atoms with Gasteiger partial charge in [-0.05, 0) is 73.6 Å². The minimum atomic E-state index is -0.254. The molecule has 0 saturated heterocycles. The second-order valence-electron chi connectivity index (χ2n) is 9.12. The van der Waals surface area contributed by atoms with Crippen LogP contribution in [0.4, 0.5) is 10.7 Å². The third kappa shape index (κ3) is 3.58. The summed E-state index contributed by atoms with van der Waals surface area (Å²) in [5.74, 6) is 0.223. The Kier molecular flexibility index (Phi) is 5.35. The van der Waals surface area contributed by atoms with E-state index in [1.54, 1.807) is 0 Å². The SMILES string of the molecule is N#Cc1c(NC(=O)c2sc3nc4c(cc3c2N)CC(c2ccccc2)CC4)sc2c1CCCC2. The number of hydrogen-bond acceptors (Lipinski definition) is 6. The maximum atomic E-state index is 13.2. The van der Waals surface area contributed by atoms with Crippen LogP contribution in [0.1, 0.15) is 67.7 Å². The molecule has 2 aliphatic carbocycles. The number of aryl methyl sites for hydroxylation is 2. The molecule has 1 unspecified atom stereocenters. The first-order chi connectivity index (χ1) is 16.6. The van der Waals surface area contributed by atoms with E-state index in [-0.39, 0.29) is 5.91 Å². The number of rotatable bonds is 3. The molecular formula is C27H24N4OS2. The van der Waals surface area contributed by atoms with Crippen molar-refractivity contribution in [3.63, 3.8) is 0 Å². The van der Waals surface area contributed by atoms with Crippen LogP contribution in [0.5, 0.6) is 0 Å². The molecule has 0 radical (unpaired) electrons. The number of carbonyl (C=O) groups excluding carboxylic acids is 1. The molecule has 5 nitrogen and oxygen atoms in total. The fourth-order valence-corrected chi connectivity index (χ4v) is 7.53. The van der Waals surface area contributed by atoms with Crippen LogP contribution in [-0.4, -0.2) is 10.9 Å². The van der Waals surface area contributed by atoms with E-state index in [1.807, 2.05) is 0 Å². The number of carbonyl (C=O) groups is 1. The molecule has 170 valence electrons. The Balaban J connectivity index is 1.31. The lowest BCUT2D eigenvalue weighted by atomic mass is 9.82. The van der Waals surface area contributed by atoms with Crippen molar-refractivity contribution in [3.8, 4) is 6.07 Å². The normalized spacial score (nSPS) is 17.1. The number of pyridine rings is 1. The van der Waals surface area contributed by atoms with Gasteiger partial charge in [-0.3, -0.25) is 4.79 Å². The van der Waals surface area contributed by atoms with Crippen LogP contribution in [0.2, 0.25) is 0 Å². The molecule has 34 heavy (non-hydrogen) atoms. The quantitative estimate of drug-likeness (QED) is 0.361. The number of thiophene rings is 2. The first-order valence-corrected chi connectivity index (χ1v) is 13.4. The number of nitrogens with one attached hydrogen (secondary N) is 1. The third-order valence-electron chi connectivity index (χ3n) is 7.07. The van der Waals surface area contributed by atoms with E-state index in [2.05, 4.69) is 47.8 Å². The number of nitrogens with two attached hydrogens (primary N) is 1. The standard InChI is InChI=1S/C27H24N4OS2/c28-14-20-18-8-4-5-9-22(18)33-27(20)31-25(32)24-23(29)19-13-17-12-16(15-6-2-1-3-7-15)10-11-21(17)30-26(19)34-24/h1-3,6-7,13,16H,4-5,8-12,29H2,(H,31,32). The van der Waals surface area contributed by atoms with Gasteiger partial charge in [-0.2, -0.15) is 5.26 Å².